The van der Waals surface area contributed by atoms with Crippen LogP contribution in [0.4, 0.5) is 0 Å². The summed E-state index contributed by atoms with van der Waals surface area (Å²) in [4.78, 5) is 28.2. The fraction of sp³-hybridized carbons (Fsp3) is 0.133. The first-order chi connectivity index (χ1) is 10.0. The van der Waals surface area contributed by atoms with Gasteiger partial charge in [0.25, 0.3) is 5.91 Å². The molecule has 0 saturated carbocycles. The number of carboxylic acid groups (broad SMARTS) is 1. The molecule has 2 rings (SSSR count). The van der Waals surface area contributed by atoms with Gasteiger partial charge in [0, 0.05) is 27.7 Å². The van der Waals surface area contributed by atoms with Gasteiger partial charge in [-0.1, -0.05) is 0 Å². The lowest BCUT2D eigenvalue weighted by atomic mass is 10.2. The van der Waals surface area contributed by atoms with Crippen molar-refractivity contribution < 1.29 is 14.7 Å². The minimum atomic E-state index is -0.981. The molecule has 2 aromatic heterocycles. The highest BCUT2D eigenvalue weighted by Crippen LogP contribution is 2.17. The van der Waals surface area contributed by atoms with Gasteiger partial charge in [0.1, 0.15) is 0 Å². The van der Waals surface area contributed by atoms with E-state index in [1.807, 2.05) is 19.1 Å². The van der Waals surface area contributed by atoms with Crippen LogP contribution in [-0.2, 0) is 11.3 Å². The number of carbonyl (C=O) groups excluding carboxylic acids is 1. The average molecular weight is 302 g/mol. The molecule has 2 N–H and O–H groups in total. The number of amides is 1. The van der Waals surface area contributed by atoms with Crippen LogP contribution in [0.2, 0.25) is 0 Å². The van der Waals surface area contributed by atoms with E-state index < -0.39 is 5.97 Å². The molecular weight excluding hydrogens is 288 g/mol. The first kappa shape index (κ1) is 14.9. The molecule has 6 heteroatoms. The lowest BCUT2D eigenvalue weighted by Crippen LogP contribution is -2.22. The second-order valence-electron chi connectivity index (χ2n) is 4.35. The Hall–Kier alpha value is -2.47. The molecule has 0 bridgehead atoms. The Morgan fingerprint density at radius 3 is 2.81 bits per heavy atom. The number of aromatic nitrogens is 1. The van der Waals surface area contributed by atoms with Gasteiger partial charge < -0.3 is 10.4 Å². The van der Waals surface area contributed by atoms with Gasteiger partial charge in [-0.15, -0.1) is 11.3 Å². The second kappa shape index (κ2) is 6.81. The minimum absolute atomic E-state index is 0.182. The summed E-state index contributed by atoms with van der Waals surface area (Å²) in [6.07, 6.45) is 4.16. The monoisotopic (exact) mass is 302 g/mol. The standard InChI is InChI=1S/C15H14N2O3S/c1-10-2-3-11(8-16-10)15(20)17-9-13-5-4-12(21-13)6-7-14(18)19/h2-8H,9H2,1H3,(H,17,20)(H,18,19). The molecule has 21 heavy (non-hydrogen) atoms. The number of nitrogens with one attached hydrogen (secondary N) is 1. The van der Waals surface area contributed by atoms with E-state index in [1.165, 1.54) is 17.4 Å². The topological polar surface area (TPSA) is 79.3 Å². The van der Waals surface area contributed by atoms with Gasteiger partial charge in [-0.2, -0.15) is 0 Å². The molecule has 0 aliphatic heterocycles. The summed E-state index contributed by atoms with van der Waals surface area (Å²) in [5, 5.41) is 11.4. The summed E-state index contributed by atoms with van der Waals surface area (Å²) in [6.45, 7) is 2.26. The quantitative estimate of drug-likeness (QED) is 0.832. The summed E-state index contributed by atoms with van der Waals surface area (Å²) in [7, 11) is 0. The smallest absolute Gasteiger partial charge is 0.328 e. The number of pyridine rings is 1. The number of carboxylic acids is 1. The number of hydrogen-bond acceptors (Lipinski definition) is 4. The molecule has 0 radical (unpaired) electrons. The van der Waals surface area contributed by atoms with Crippen LogP contribution in [0, 0.1) is 6.92 Å². The Morgan fingerprint density at radius 1 is 1.33 bits per heavy atom. The summed E-state index contributed by atoms with van der Waals surface area (Å²) in [6, 6.07) is 7.20. The van der Waals surface area contributed by atoms with E-state index in [0.29, 0.717) is 12.1 Å². The highest BCUT2D eigenvalue weighted by Gasteiger charge is 2.06. The van der Waals surface area contributed by atoms with Crippen molar-refractivity contribution in [2.24, 2.45) is 0 Å². The van der Waals surface area contributed by atoms with Crippen LogP contribution in [0.25, 0.3) is 6.08 Å². The lowest BCUT2D eigenvalue weighted by molar-refractivity contribution is -0.131. The third-order valence-corrected chi connectivity index (χ3v) is 3.72. The molecule has 1 amide bonds. The van der Waals surface area contributed by atoms with Crippen LogP contribution in [0.1, 0.15) is 25.8 Å². The Balaban J connectivity index is 1.92. The van der Waals surface area contributed by atoms with Crippen molar-refractivity contribution in [3.05, 3.63) is 57.6 Å². The Morgan fingerprint density at radius 2 is 2.14 bits per heavy atom. The van der Waals surface area contributed by atoms with Crippen LogP contribution in [0.15, 0.2) is 36.5 Å². The third kappa shape index (κ3) is 4.54. The van der Waals surface area contributed by atoms with Gasteiger partial charge in [-0.25, -0.2) is 4.79 Å². The van der Waals surface area contributed by atoms with Gasteiger partial charge in [0.05, 0.1) is 12.1 Å². The van der Waals surface area contributed by atoms with Crippen LogP contribution in [0.3, 0.4) is 0 Å². The van der Waals surface area contributed by atoms with Crippen LogP contribution in [0.5, 0.6) is 0 Å². The molecule has 0 unspecified atom stereocenters. The van der Waals surface area contributed by atoms with Gasteiger partial charge in [0.15, 0.2) is 0 Å². The first-order valence-corrected chi connectivity index (χ1v) is 7.07. The van der Waals surface area contributed by atoms with Gasteiger partial charge in [-0.3, -0.25) is 9.78 Å². The van der Waals surface area contributed by atoms with Gasteiger partial charge >= 0.3 is 5.97 Å². The fourth-order valence-electron chi connectivity index (χ4n) is 1.60. The van der Waals surface area contributed by atoms with E-state index in [4.69, 9.17) is 5.11 Å². The van der Waals surface area contributed by atoms with Crippen molar-refractivity contribution >= 4 is 29.3 Å². The number of carbonyl (C=O) groups is 2. The molecule has 0 atom stereocenters. The van der Waals surface area contributed by atoms with Crippen molar-refractivity contribution in [2.45, 2.75) is 13.5 Å². The highest BCUT2D eigenvalue weighted by atomic mass is 32.1. The molecule has 2 heterocycles. The van der Waals surface area contributed by atoms with Crippen molar-refractivity contribution in [3.63, 3.8) is 0 Å². The summed E-state index contributed by atoms with van der Waals surface area (Å²) in [5.41, 5.74) is 1.38. The van der Waals surface area contributed by atoms with Crippen molar-refractivity contribution in [1.82, 2.24) is 10.3 Å². The molecule has 0 aliphatic carbocycles. The fourth-order valence-corrected chi connectivity index (χ4v) is 2.46. The average Bonchev–Trinajstić information content (AvgIpc) is 2.91. The molecule has 0 saturated heterocycles. The zero-order valence-electron chi connectivity index (χ0n) is 11.4. The van der Waals surface area contributed by atoms with E-state index >= 15 is 0 Å². The molecule has 0 fully saturated rings. The number of hydrogen-bond donors (Lipinski definition) is 2. The van der Waals surface area contributed by atoms with Crippen LogP contribution in [-0.4, -0.2) is 22.0 Å². The summed E-state index contributed by atoms with van der Waals surface area (Å²) in [5.74, 6) is -1.16. The molecule has 2 aromatic rings. The van der Waals surface area contributed by atoms with Crippen molar-refractivity contribution in [3.8, 4) is 0 Å². The lowest BCUT2D eigenvalue weighted by Gasteiger charge is -2.03. The van der Waals surface area contributed by atoms with Crippen molar-refractivity contribution in [1.29, 1.82) is 0 Å². The molecular formula is C15H14N2O3S. The minimum Gasteiger partial charge on any atom is -0.478 e. The predicted molar refractivity (Wildman–Crippen MR) is 81.1 cm³/mol. The molecule has 0 aromatic carbocycles. The normalized spacial score (nSPS) is 10.7. The zero-order chi connectivity index (χ0) is 15.2. The predicted octanol–water partition coefficient (Wildman–Crippen LogP) is 2.48. The molecule has 0 spiro atoms. The van der Waals surface area contributed by atoms with E-state index in [2.05, 4.69) is 10.3 Å². The molecule has 108 valence electrons. The Labute approximate surface area is 126 Å². The van der Waals surface area contributed by atoms with E-state index in [-0.39, 0.29) is 5.91 Å². The maximum absolute atomic E-state index is 11.9. The van der Waals surface area contributed by atoms with E-state index in [1.54, 1.807) is 18.3 Å². The number of thiophene rings is 1. The molecule has 0 aliphatic rings. The number of nitrogens with zero attached hydrogens (tertiary/aromatic N) is 1. The second-order valence-corrected chi connectivity index (χ2v) is 5.55. The number of rotatable bonds is 5. The summed E-state index contributed by atoms with van der Waals surface area (Å²) < 4.78 is 0. The SMILES string of the molecule is Cc1ccc(C(=O)NCc2ccc(C=CC(=O)O)s2)cn1. The van der Waals surface area contributed by atoms with Gasteiger partial charge in [-0.05, 0) is 37.3 Å². The highest BCUT2D eigenvalue weighted by molar-refractivity contribution is 7.12. The largest absolute Gasteiger partial charge is 0.478 e. The van der Waals surface area contributed by atoms with E-state index in [9.17, 15) is 9.59 Å². The number of aryl methyl sites for hydroxylation is 1. The summed E-state index contributed by atoms with van der Waals surface area (Å²) >= 11 is 1.43. The van der Waals surface area contributed by atoms with Crippen LogP contribution < -0.4 is 5.32 Å². The van der Waals surface area contributed by atoms with Crippen molar-refractivity contribution in [2.75, 3.05) is 0 Å². The van der Waals surface area contributed by atoms with Crippen LogP contribution >= 0.6 is 11.3 Å². The third-order valence-electron chi connectivity index (χ3n) is 2.67. The number of aliphatic carboxylic acids is 1. The first-order valence-electron chi connectivity index (χ1n) is 6.25. The molecule has 5 nitrogen and oxygen atoms in total. The maximum atomic E-state index is 11.9. The van der Waals surface area contributed by atoms with E-state index in [0.717, 1.165) is 21.5 Å². The maximum Gasteiger partial charge on any atom is 0.328 e. The Bertz CT molecular complexity index is 674. The Kier molecular flexibility index (Phi) is 4.84. The van der Waals surface area contributed by atoms with Gasteiger partial charge in [0.2, 0.25) is 0 Å². The zero-order valence-corrected chi connectivity index (χ0v) is 12.2.